The number of piperidine rings is 1. The van der Waals surface area contributed by atoms with Crippen LogP contribution in [-0.4, -0.2) is 45.8 Å². The molecule has 1 aliphatic heterocycles. The van der Waals surface area contributed by atoms with E-state index < -0.39 is 10.0 Å². The quantitative estimate of drug-likeness (QED) is 0.569. The van der Waals surface area contributed by atoms with Gasteiger partial charge in [-0.25, -0.2) is 13.1 Å². The Bertz CT molecular complexity index is 571. The molecule has 0 saturated carbocycles. The first-order chi connectivity index (χ1) is 11.1. The van der Waals surface area contributed by atoms with Crippen molar-refractivity contribution in [2.45, 2.75) is 37.8 Å². The summed E-state index contributed by atoms with van der Waals surface area (Å²) in [5, 5.41) is 5.84. The van der Waals surface area contributed by atoms with E-state index in [0.717, 1.165) is 37.9 Å². The number of carbonyl (C=O) groups excluding carboxylic acids is 1. The first-order valence-electron chi connectivity index (χ1n) is 8.03. The molecule has 0 aliphatic carbocycles. The molecule has 1 heterocycles. The van der Waals surface area contributed by atoms with Crippen molar-refractivity contribution in [3.05, 3.63) is 35.9 Å². The van der Waals surface area contributed by atoms with E-state index in [1.165, 1.54) is 0 Å². The third-order valence-electron chi connectivity index (χ3n) is 4.03. The van der Waals surface area contributed by atoms with Gasteiger partial charge >= 0.3 is 0 Å². The standard InChI is InChI=1S/C16H25N3O3S/c20-13-18-16(7-6-14-4-2-1-3-5-14)12-23(21,22)19-15-8-10-17-11-9-15/h1-5,13,15-17,19H,6-12H2,(H,18,20)/t16-/m0/s1. The molecule has 128 valence electrons. The summed E-state index contributed by atoms with van der Waals surface area (Å²) in [6.45, 7) is 1.66. The summed E-state index contributed by atoms with van der Waals surface area (Å²) in [6, 6.07) is 9.45. The Morgan fingerprint density at radius 1 is 1.22 bits per heavy atom. The number of benzene rings is 1. The van der Waals surface area contributed by atoms with Gasteiger partial charge in [0.2, 0.25) is 16.4 Å². The van der Waals surface area contributed by atoms with Crippen LogP contribution in [0.25, 0.3) is 0 Å². The topological polar surface area (TPSA) is 87.3 Å². The van der Waals surface area contributed by atoms with Crippen LogP contribution in [0.1, 0.15) is 24.8 Å². The van der Waals surface area contributed by atoms with Gasteiger partial charge in [-0.15, -0.1) is 0 Å². The van der Waals surface area contributed by atoms with E-state index in [1.54, 1.807) is 0 Å². The summed E-state index contributed by atoms with van der Waals surface area (Å²) in [7, 11) is -3.41. The molecule has 0 unspecified atom stereocenters. The zero-order valence-electron chi connectivity index (χ0n) is 13.2. The summed E-state index contributed by atoms with van der Waals surface area (Å²) < 4.78 is 27.4. The second-order valence-electron chi connectivity index (χ2n) is 5.93. The molecule has 7 heteroatoms. The van der Waals surface area contributed by atoms with Gasteiger partial charge in [0.15, 0.2) is 0 Å². The van der Waals surface area contributed by atoms with Gasteiger partial charge in [-0.2, -0.15) is 0 Å². The van der Waals surface area contributed by atoms with E-state index in [4.69, 9.17) is 0 Å². The Hall–Kier alpha value is -1.44. The summed E-state index contributed by atoms with van der Waals surface area (Å²) in [5.74, 6) is -0.0809. The highest BCUT2D eigenvalue weighted by Crippen LogP contribution is 2.08. The molecule has 23 heavy (non-hydrogen) atoms. The third-order valence-corrected chi connectivity index (χ3v) is 5.57. The molecular weight excluding hydrogens is 314 g/mol. The van der Waals surface area contributed by atoms with Gasteiger partial charge in [-0.05, 0) is 44.3 Å². The highest BCUT2D eigenvalue weighted by Gasteiger charge is 2.23. The fourth-order valence-electron chi connectivity index (χ4n) is 2.80. The van der Waals surface area contributed by atoms with Crippen LogP contribution in [0.15, 0.2) is 30.3 Å². The molecule has 1 amide bonds. The molecule has 1 aliphatic rings. The van der Waals surface area contributed by atoms with Gasteiger partial charge in [0.05, 0.1) is 5.75 Å². The van der Waals surface area contributed by atoms with Gasteiger partial charge in [-0.1, -0.05) is 30.3 Å². The molecular formula is C16H25N3O3S. The van der Waals surface area contributed by atoms with Gasteiger partial charge in [0.1, 0.15) is 0 Å². The summed E-state index contributed by atoms with van der Waals surface area (Å²) in [5.41, 5.74) is 1.13. The van der Waals surface area contributed by atoms with Gasteiger partial charge in [0, 0.05) is 12.1 Å². The predicted octanol–water partition coefficient (Wildman–Crippen LogP) is 0.405. The normalized spacial score (nSPS) is 17.6. The lowest BCUT2D eigenvalue weighted by molar-refractivity contribution is -0.110. The maximum absolute atomic E-state index is 12.3. The number of amides is 1. The minimum atomic E-state index is -3.41. The van der Waals surface area contributed by atoms with E-state index in [0.29, 0.717) is 12.8 Å². The van der Waals surface area contributed by atoms with Crippen LogP contribution in [0.4, 0.5) is 0 Å². The number of sulfonamides is 1. The molecule has 1 aromatic rings. The lowest BCUT2D eigenvalue weighted by atomic mass is 10.1. The van der Waals surface area contributed by atoms with Crippen molar-refractivity contribution < 1.29 is 13.2 Å². The molecule has 2 rings (SSSR count). The number of nitrogens with one attached hydrogen (secondary N) is 3. The second kappa shape index (κ2) is 9.00. The highest BCUT2D eigenvalue weighted by atomic mass is 32.2. The van der Waals surface area contributed by atoms with Crippen molar-refractivity contribution in [2.75, 3.05) is 18.8 Å². The molecule has 3 N–H and O–H groups in total. The van der Waals surface area contributed by atoms with Crippen LogP contribution >= 0.6 is 0 Å². The molecule has 0 aromatic heterocycles. The fraction of sp³-hybridized carbons (Fsp3) is 0.562. The average Bonchev–Trinajstić information content (AvgIpc) is 2.54. The number of rotatable bonds is 9. The molecule has 0 bridgehead atoms. The summed E-state index contributed by atoms with van der Waals surface area (Å²) in [6.07, 6.45) is 3.50. The van der Waals surface area contributed by atoms with E-state index >= 15 is 0 Å². The zero-order valence-corrected chi connectivity index (χ0v) is 14.0. The lowest BCUT2D eigenvalue weighted by Gasteiger charge is -2.25. The van der Waals surface area contributed by atoms with Gasteiger partial charge in [0.25, 0.3) is 0 Å². The van der Waals surface area contributed by atoms with Crippen molar-refractivity contribution in [3.8, 4) is 0 Å². The van der Waals surface area contributed by atoms with Crippen LogP contribution < -0.4 is 15.4 Å². The summed E-state index contributed by atoms with van der Waals surface area (Å²) >= 11 is 0. The first kappa shape index (κ1) is 17.9. The minimum absolute atomic E-state index is 0.00717. The van der Waals surface area contributed by atoms with Crippen LogP contribution in [-0.2, 0) is 21.2 Å². The zero-order chi connectivity index (χ0) is 16.5. The summed E-state index contributed by atoms with van der Waals surface area (Å²) in [4.78, 5) is 10.8. The molecule has 0 radical (unpaired) electrons. The first-order valence-corrected chi connectivity index (χ1v) is 9.68. The Morgan fingerprint density at radius 2 is 1.91 bits per heavy atom. The van der Waals surface area contributed by atoms with Crippen molar-refractivity contribution >= 4 is 16.4 Å². The fourth-order valence-corrected chi connectivity index (χ4v) is 4.44. The smallest absolute Gasteiger partial charge is 0.213 e. The van der Waals surface area contributed by atoms with E-state index in [1.807, 2.05) is 30.3 Å². The van der Waals surface area contributed by atoms with Crippen LogP contribution in [0.3, 0.4) is 0 Å². The third kappa shape index (κ3) is 6.68. The molecule has 0 spiro atoms. The lowest BCUT2D eigenvalue weighted by Crippen LogP contribution is -2.46. The Kier molecular flexibility index (Phi) is 7.01. The number of hydrogen-bond donors (Lipinski definition) is 3. The maximum atomic E-state index is 12.3. The average molecular weight is 339 g/mol. The minimum Gasteiger partial charge on any atom is -0.355 e. The molecule has 1 saturated heterocycles. The van der Waals surface area contributed by atoms with Gasteiger partial charge < -0.3 is 10.6 Å². The van der Waals surface area contributed by atoms with E-state index in [2.05, 4.69) is 15.4 Å². The van der Waals surface area contributed by atoms with Crippen LogP contribution in [0.2, 0.25) is 0 Å². The van der Waals surface area contributed by atoms with Crippen molar-refractivity contribution in [1.29, 1.82) is 0 Å². The Morgan fingerprint density at radius 3 is 2.57 bits per heavy atom. The van der Waals surface area contributed by atoms with E-state index in [-0.39, 0.29) is 17.8 Å². The molecule has 1 aromatic carbocycles. The molecule has 1 atom stereocenters. The van der Waals surface area contributed by atoms with Crippen LogP contribution in [0.5, 0.6) is 0 Å². The monoisotopic (exact) mass is 339 g/mol. The number of aryl methyl sites for hydroxylation is 1. The number of carbonyl (C=O) groups is 1. The largest absolute Gasteiger partial charge is 0.355 e. The SMILES string of the molecule is O=CN[C@@H](CCc1ccccc1)CS(=O)(=O)NC1CCNCC1. The predicted molar refractivity (Wildman–Crippen MR) is 90.6 cm³/mol. The number of hydrogen-bond acceptors (Lipinski definition) is 4. The Balaban J connectivity index is 1.87. The molecule has 1 fully saturated rings. The highest BCUT2D eigenvalue weighted by molar-refractivity contribution is 7.89. The van der Waals surface area contributed by atoms with E-state index in [9.17, 15) is 13.2 Å². The van der Waals surface area contributed by atoms with Crippen molar-refractivity contribution in [3.63, 3.8) is 0 Å². The van der Waals surface area contributed by atoms with Crippen LogP contribution in [0, 0.1) is 0 Å². The van der Waals surface area contributed by atoms with Crippen molar-refractivity contribution in [2.24, 2.45) is 0 Å². The van der Waals surface area contributed by atoms with Crippen molar-refractivity contribution in [1.82, 2.24) is 15.4 Å². The maximum Gasteiger partial charge on any atom is 0.213 e. The Labute approximate surface area is 138 Å². The second-order valence-corrected chi connectivity index (χ2v) is 7.73. The van der Waals surface area contributed by atoms with Gasteiger partial charge in [-0.3, -0.25) is 4.79 Å². The molecule has 6 nitrogen and oxygen atoms in total.